The second-order valence-electron chi connectivity index (χ2n) is 8.97. The number of hydrogen-bond acceptors (Lipinski definition) is 8. The van der Waals surface area contributed by atoms with Crippen LogP contribution in [0.25, 0.3) is 10.9 Å². The largest absolute Gasteiger partial charge is 0.490 e. The second-order valence-corrected chi connectivity index (χ2v) is 8.97. The summed E-state index contributed by atoms with van der Waals surface area (Å²) in [7, 11) is 0. The summed E-state index contributed by atoms with van der Waals surface area (Å²) in [5.41, 5.74) is 2.74. The molecule has 2 aromatic carbocycles. The van der Waals surface area contributed by atoms with Crippen LogP contribution in [0, 0.1) is 0 Å². The highest BCUT2D eigenvalue weighted by atomic mass is 16.5. The molecule has 3 heterocycles. The van der Waals surface area contributed by atoms with Crippen LogP contribution in [0.4, 0.5) is 23.1 Å². The molecule has 8 heteroatoms. The molecule has 4 aromatic rings. The Balaban J connectivity index is 1.04. The van der Waals surface area contributed by atoms with Gasteiger partial charge in [0.1, 0.15) is 17.7 Å². The molecule has 6 rings (SSSR count). The number of rotatable bonds is 7. The van der Waals surface area contributed by atoms with E-state index in [0.717, 1.165) is 67.2 Å². The van der Waals surface area contributed by atoms with Gasteiger partial charge in [0.15, 0.2) is 0 Å². The topological polar surface area (TPSA) is 84.4 Å². The normalized spacial score (nSPS) is 20.2. The molecular formula is C27H28N6O2. The number of pyridine rings is 1. The fourth-order valence-electron chi connectivity index (χ4n) is 4.59. The number of hydrogen-bond donors (Lipinski definition) is 2. The Morgan fingerprint density at radius 3 is 2.57 bits per heavy atom. The third-order valence-electron chi connectivity index (χ3n) is 6.56. The first-order valence-corrected chi connectivity index (χ1v) is 12.1. The molecule has 1 aliphatic carbocycles. The lowest BCUT2D eigenvalue weighted by Crippen LogP contribution is -2.52. The molecule has 0 atom stereocenters. The Morgan fingerprint density at radius 2 is 1.71 bits per heavy atom. The lowest BCUT2D eigenvalue weighted by molar-refractivity contribution is -0.0373. The van der Waals surface area contributed by atoms with Crippen LogP contribution in [0.1, 0.15) is 12.8 Å². The number of fused-ring (bicyclic) bond motifs is 1. The molecule has 35 heavy (non-hydrogen) atoms. The lowest BCUT2D eigenvalue weighted by atomic mass is 9.87. The Hall–Kier alpha value is -3.75. The minimum atomic E-state index is 0.289. The molecule has 1 aliphatic heterocycles. The molecule has 178 valence electrons. The number of morpholine rings is 1. The Kier molecular flexibility index (Phi) is 6.13. The van der Waals surface area contributed by atoms with Gasteiger partial charge >= 0.3 is 0 Å². The van der Waals surface area contributed by atoms with Crippen LogP contribution >= 0.6 is 0 Å². The molecule has 8 nitrogen and oxygen atoms in total. The molecule has 0 amide bonds. The van der Waals surface area contributed by atoms with Gasteiger partial charge in [-0.25, -0.2) is 4.98 Å². The van der Waals surface area contributed by atoms with Crippen LogP contribution in [0.15, 0.2) is 73.1 Å². The number of aromatic nitrogens is 3. The molecule has 0 radical (unpaired) electrons. The Morgan fingerprint density at radius 1 is 0.886 bits per heavy atom. The molecule has 2 aliphatic rings. The van der Waals surface area contributed by atoms with Gasteiger partial charge in [-0.05, 0) is 42.5 Å². The molecule has 1 saturated heterocycles. The van der Waals surface area contributed by atoms with Gasteiger partial charge in [-0.2, -0.15) is 4.98 Å². The highest BCUT2D eigenvalue weighted by molar-refractivity contribution is 5.82. The van der Waals surface area contributed by atoms with Crippen molar-refractivity contribution in [2.45, 2.75) is 25.0 Å². The molecule has 2 aromatic heterocycles. The van der Waals surface area contributed by atoms with E-state index < -0.39 is 0 Å². The maximum absolute atomic E-state index is 6.16. The molecular weight excluding hydrogens is 440 g/mol. The highest BCUT2D eigenvalue weighted by Crippen LogP contribution is 2.31. The van der Waals surface area contributed by atoms with Crippen molar-refractivity contribution in [2.75, 3.05) is 36.9 Å². The van der Waals surface area contributed by atoms with Crippen LogP contribution < -0.4 is 15.4 Å². The molecule has 1 saturated carbocycles. The van der Waals surface area contributed by atoms with Crippen molar-refractivity contribution in [2.24, 2.45) is 0 Å². The highest BCUT2D eigenvalue weighted by Gasteiger charge is 2.35. The summed E-state index contributed by atoms with van der Waals surface area (Å²) in [5, 5.41) is 7.65. The van der Waals surface area contributed by atoms with Crippen molar-refractivity contribution >= 4 is 34.0 Å². The number of nitrogens with one attached hydrogen (secondary N) is 2. The quantitative estimate of drug-likeness (QED) is 0.402. The predicted octanol–water partition coefficient (Wildman–Crippen LogP) is 4.75. The molecule has 2 N–H and O–H groups in total. The van der Waals surface area contributed by atoms with Gasteiger partial charge in [0.25, 0.3) is 0 Å². The van der Waals surface area contributed by atoms with E-state index in [-0.39, 0.29) is 6.10 Å². The van der Waals surface area contributed by atoms with Crippen LogP contribution in [-0.4, -0.2) is 58.3 Å². The van der Waals surface area contributed by atoms with E-state index in [1.54, 1.807) is 6.20 Å². The minimum Gasteiger partial charge on any atom is -0.490 e. The molecule has 0 spiro atoms. The van der Waals surface area contributed by atoms with Gasteiger partial charge < -0.3 is 20.1 Å². The lowest BCUT2D eigenvalue weighted by Gasteiger charge is -2.44. The second kappa shape index (κ2) is 9.85. The van der Waals surface area contributed by atoms with Crippen LogP contribution in [-0.2, 0) is 4.74 Å². The summed E-state index contributed by atoms with van der Waals surface area (Å²) < 4.78 is 11.6. The summed E-state index contributed by atoms with van der Waals surface area (Å²) in [6.45, 7) is 3.77. The first-order valence-electron chi connectivity index (χ1n) is 12.1. The van der Waals surface area contributed by atoms with Crippen LogP contribution in [0.5, 0.6) is 5.75 Å². The summed E-state index contributed by atoms with van der Waals surface area (Å²) in [6.07, 6.45) is 5.99. The summed E-state index contributed by atoms with van der Waals surface area (Å²) in [6, 6.07) is 20.5. The van der Waals surface area contributed by atoms with Crippen LogP contribution in [0.2, 0.25) is 0 Å². The van der Waals surface area contributed by atoms with E-state index in [1.807, 2.05) is 60.8 Å². The minimum absolute atomic E-state index is 0.289. The van der Waals surface area contributed by atoms with E-state index in [2.05, 4.69) is 36.6 Å². The van der Waals surface area contributed by atoms with E-state index in [0.29, 0.717) is 17.8 Å². The number of ether oxygens (including phenoxy) is 2. The molecule has 0 unspecified atom stereocenters. The summed E-state index contributed by atoms with van der Waals surface area (Å²) in [4.78, 5) is 16.0. The monoisotopic (exact) mass is 468 g/mol. The van der Waals surface area contributed by atoms with Gasteiger partial charge in [-0.1, -0.05) is 18.2 Å². The van der Waals surface area contributed by atoms with Gasteiger partial charge in [0, 0.05) is 49.2 Å². The third kappa shape index (κ3) is 5.18. The Bertz CT molecular complexity index is 1290. The van der Waals surface area contributed by atoms with Crippen molar-refractivity contribution in [1.82, 2.24) is 19.9 Å². The SMILES string of the molecule is c1ccc2ncc(Nc3ccnc(Nc4ccc(OC5CC(N6CCOCC6)C5)cc4)n3)cc2c1. The smallest absolute Gasteiger partial charge is 0.229 e. The van der Waals surface area contributed by atoms with Crippen molar-refractivity contribution < 1.29 is 9.47 Å². The number of para-hydroxylation sites is 1. The zero-order valence-corrected chi connectivity index (χ0v) is 19.4. The van der Waals surface area contributed by atoms with E-state index in [9.17, 15) is 0 Å². The van der Waals surface area contributed by atoms with Crippen molar-refractivity contribution in [3.63, 3.8) is 0 Å². The summed E-state index contributed by atoms with van der Waals surface area (Å²) in [5.74, 6) is 2.10. The van der Waals surface area contributed by atoms with Crippen molar-refractivity contribution in [3.05, 3.63) is 73.1 Å². The first-order chi connectivity index (χ1) is 17.3. The zero-order chi connectivity index (χ0) is 23.5. The van der Waals surface area contributed by atoms with E-state index >= 15 is 0 Å². The van der Waals surface area contributed by atoms with Gasteiger partial charge in [0.05, 0.1) is 30.6 Å². The maximum atomic E-state index is 6.16. The van der Waals surface area contributed by atoms with Crippen LogP contribution in [0.3, 0.4) is 0 Å². The van der Waals surface area contributed by atoms with E-state index in [4.69, 9.17) is 9.47 Å². The number of anilines is 4. The first kappa shape index (κ1) is 21.8. The fraction of sp³-hybridized carbons (Fsp3) is 0.296. The van der Waals surface area contributed by atoms with Gasteiger partial charge in [0.2, 0.25) is 5.95 Å². The average Bonchev–Trinajstić information content (AvgIpc) is 2.88. The number of nitrogens with zero attached hydrogens (tertiary/aromatic N) is 4. The van der Waals surface area contributed by atoms with Gasteiger partial charge in [-0.15, -0.1) is 0 Å². The molecule has 0 bridgehead atoms. The third-order valence-corrected chi connectivity index (χ3v) is 6.56. The molecule has 2 fully saturated rings. The maximum Gasteiger partial charge on any atom is 0.229 e. The van der Waals surface area contributed by atoms with Crippen molar-refractivity contribution in [1.29, 1.82) is 0 Å². The number of benzene rings is 2. The Labute approximate surface area is 204 Å². The summed E-state index contributed by atoms with van der Waals surface area (Å²) >= 11 is 0. The zero-order valence-electron chi connectivity index (χ0n) is 19.4. The average molecular weight is 469 g/mol. The van der Waals surface area contributed by atoms with E-state index in [1.165, 1.54) is 0 Å². The van der Waals surface area contributed by atoms with Gasteiger partial charge in [-0.3, -0.25) is 9.88 Å². The fourth-order valence-corrected chi connectivity index (χ4v) is 4.59. The standard InChI is InChI=1S/C27H28N6O2/c1-2-4-25-19(3-1)15-21(18-29-25)30-26-9-10-28-27(32-26)31-20-5-7-23(8-6-20)35-24-16-22(17-24)33-11-13-34-14-12-33/h1-10,15,18,22,24H,11-14,16-17H2,(H2,28,30,31,32). The van der Waals surface area contributed by atoms with Crippen molar-refractivity contribution in [3.8, 4) is 5.75 Å². The predicted molar refractivity (Wildman–Crippen MR) is 137 cm³/mol.